The summed E-state index contributed by atoms with van der Waals surface area (Å²) < 4.78 is 7.20. The van der Waals surface area contributed by atoms with Crippen molar-refractivity contribution in [3.8, 4) is 0 Å². The second-order valence-corrected chi connectivity index (χ2v) is 8.47. The summed E-state index contributed by atoms with van der Waals surface area (Å²) in [6, 6.07) is 0. The maximum absolute atomic E-state index is 12.4. The Balaban J connectivity index is 1.55. The molecule has 0 amide bonds. The molecule has 0 aliphatic carbocycles. The molecule has 0 radical (unpaired) electrons. The molecule has 10 heteroatoms. The maximum atomic E-state index is 12.4. The van der Waals surface area contributed by atoms with Crippen LogP contribution in [0, 0.1) is 13.8 Å². The van der Waals surface area contributed by atoms with Crippen molar-refractivity contribution in [3.05, 3.63) is 37.1 Å². The highest BCUT2D eigenvalue weighted by Crippen LogP contribution is 2.27. The van der Waals surface area contributed by atoms with Gasteiger partial charge in [0.1, 0.15) is 10.7 Å². The van der Waals surface area contributed by atoms with Gasteiger partial charge in [-0.1, -0.05) is 11.8 Å². The molecule has 0 bridgehead atoms. The van der Waals surface area contributed by atoms with Gasteiger partial charge < -0.3 is 9.72 Å². The third-order valence-electron chi connectivity index (χ3n) is 4.56. The van der Waals surface area contributed by atoms with Gasteiger partial charge in [-0.15, -0.1) is 16.4 Å². The van der Waals surface area contributed by atoms with E-state index < -0.39 is 0 Å². The number of hydrogen-bond acceptors (Lipinski definition) is 7. The molecule has 1 saturated heterocycles. The van der Waals surface area contributed by atoms with E-state index in [-0.39, 0.29) is 17.4 Å². The molecule has 4 rings (SSSR count). The van der Waals surface area contributed by atoms with E-state index in [2.05, 4.69) is 20.2 Å². The SMILES string of the molecule is Cc1sc2nc(CSc3n[nH]c(=O)n3C[C@@H]3CCCO3)[nH]c(=O)c2c1C. The first-order chi connectivity index (χ1) is 12.5. The Morgan fingerprint density at radius 1 is 1.38 bits per heavy atom. The topological polar surface area (TPSA) is 106 Å². The molecule has 0 spiro atoms. The number of hydrogen-bond donors (Lipinski definition) is 2. The first kappa shape index (κ1) is 17.5. The van der Waals surface area contributed by atoms with E-state index in [0.717, 1.165) is 34.7 Å². The molecular formula is C16H19N5O3S2. The van der Waals surface area contributed by atoms with Gasteiger partial charge in [-0.25, -0.2) is 14.9 Å². The highest BCUT2D eigenvalue weighted by atomic mass is 32.2. The second kappa shape index (κ2) is 7.01. The molecule has 8 nitrogen and oxygen atoms in total. The van der Waals surface area contributed by atoms with Gasteiger partial charge in [0.15, 0.2) is 5.16 Å². The van der Waals surface area contributed by atoms with Crippen LogP contribution in [0.5, 0.6) is 0 Å². The number of thiophene rings is 1. The Bertz CT molecular complexity index is 1060. The van der Waals surface area contributed by atoms with E-state index in [1.807, 2.05) is 13.8 Å². The lowest BCUT2D eigenvalue weighted by Gasteiger charge is -2.10. The Morgan fingerprint density at radius 3 is 3.00 bits per heavy atom. The minimum atomic E-state index is -0.246. The standard InChI is InChI=1S/C16H19N5O3S2/c1-8-9(2)26-14-12(8)13(22)17-11(18-14)7-25-16-20-19-15(23)21(16)6-10-4-3-5-24-10/h10H,3-7H2,1-2H3,(H,19,23)(H,17,18,22)/t10-/m0/s1. The number of nitrogens with one attached hydrogen (secondary N) is 2. The van der Waals surface area contributed by atoms with Crippen molar-refractivity contribution in [2.24, 2.45) is 0 Å². The number of aromatic amines is 2. The summed E-state index contributed by atoms with van der Waals surface area (Å²) in [7, 11) is 0. The summed E-state index contributed by atoms with van der Waals surface area (Å²) in [5.41, 5.74) is 0.617. The lowest BCUT2D eigenvalue weighted by molar-refractivity contribution is 0.0941. The average Bonchev–Trinajstić information content (AvgIpc) is 3.30. The predicted octanol–water partition coefficient (Wildman–Crippen LogP) is 1.96. The normalized spacial score (nSPS) is 17.4. The predicted molar refractivity (Wildman–Crippen MR) is 101 cm³/mol. The molecular weight excluding hydrogens is 374 g/mol. The largest absolute Gasteiger partial charge is 0.376 e. The Hall–Kier alpha value is -1.91. The number of aromatic nitrogens is 5. The van der Waals surface area contributed by atoms with E-state index in [9.17, 15) is 9.59 Å². The van der Waals surface area contributed by atoms with Crippen molar-refractivity contribution < 1.29 is 4.74 Å². The number of aryl methyl sites for hydroxylation is 2. The van der Waals surface area contributed by atoms with E-state index >= 15 is 0 Å². The van der Waals surface area contributed by atoms with E-state index in [4.69, 9.17) is 4.74 Å². The molecule has 26 heavy (non-hydrogen) atoms. The monoisotopic (exact) mass is 393 g/mol. The molecule has 3 aromatic heterocycles. The lowest BCUT2D eigenvalue weighted by atomic mass is 10.2. The Kier molecular flexibility index (Phi) is 4.72. The van der Waals surface area contributed by atoms with Crippen LogP contribution in [0.15, 0.2) is 14.7 Å². The third kappa shape index (κ3) is 3.24. The highest BCUT2D eigenvalue weighted by Gasteiger charge is 2.20. The molecule has 1 fully saturated rings. The highest BCUT2D eigenvalue weighted by molar-refractivity contribution is 7.98. The fourth-order valence-electron chi connectivity index (χ4n) is 3.07. The first-order valence-electron chi connectivity index (χ1n) is 8.41. The van der Waals surface area contributed by atoms with Gasteiger partial charge in [0, 0.05) is 11.5 Å². The molecule has 0 aromatic carbocycles. The first-order valence-corrected chi connectivity index (χ1v) is 10.2. The van der Waals surface area contributed by atoms with Crippen LogP contribution in [0.3, 0.4) is 0 Å². The summed E-state index contributed by atoms with van der Waals surface area (Å²) in [5.74, 6) is 1.00. The number of rotatable bonds is 5. The summed E-state index contributed by atoms with van der Waals surface area (Å²) in [6.45, 7) is 5.16. The molecule has 3 aromatic rings. The van der Waals surface area contributed by atoms with Crippen LogP contribution in [0.1, 0.15) is 29.1 Å². The van der Waals surface area contributed by atoms with Crippen molar-refractivity contribution in [1.82, 2.24) is 24.7 Å². The van der Waals surface area contributed by atoms with Crippen LogP contribution in [0.25, 0.3) is 10.2 Å². The summed E-state index contributed by atoms with van der Waals surface area (Å²) >= 11 is 2.89. The van der Waals surface area contributed by atoms with Crippen LogP contribution in [0.2, 0.25) is 0 Å². The van der Waals surface area contributed by atoms with Gasteiger partial charge >= 0.3 is 5.69 Å². The zero-order valence-electron chi connectivity index (χ0n) is 14.5. The minimum absolute atomic E-state index is 0.0519. The molecule has 1 atom stereocenters. The van der Waals surface area contributed by atoms with Crippen molar-refractivity contribution in [1.29, 1.82) is 0 Å². The number of nitrogens with zero attached hydrogens (tertiary/aromatic N) is 3. The van der Waals surface area contributed by atoms with Crippen LogP contribution in [-0.2, 0) is 17.0 Å². The van der Waals surface area contributed by atoms with Crippen LogP contribution in [-0.4, -0.2) is 37.4 Å². The van der Waals surface area contributed by atoms with Crippen LogP contribution < -0.4 is 11.2 Å². The van der Waals surface area contributed by atoms with E-state index in [0.29, 0.717) is 28.7 Å². The van der Waals surface area contributed by atoms with Gasteiger partial charge in [-0.3, -0.25) is 9.36 Å². The quantitative estimate of drug-likeness (QED) is 0.642. The number of H-pyrrole nitrogens is 2. The number of ether oxygens (including phenoxy) is 1. The second-order valence-electron chi connectivity index (χ2n) is 6.32. The van der Waals surface area contributed by atoms with E-state index in [1.54, 1.807) is 4.57 Å². The third-order valence-corrected chi connectivity index (χ3v) is 6.65. The Morgan fingerprint density at radius 2 is 2.23 bits per heavy atom. The Labute approximate surface area is 157 Å². The molecule has 0 saturated carbocycles. The van der Waals surface area contributed by atoms with Gasteiger partial charge in [-0.2, -0.15) is 0 Å². The number of fused-ring (bicyclic) bond motifs is 1. The molecule has 0 unspecified atom stereocenters. The van der Waals surface area contributed by atoms with Crippen molar-refractivity contribution in [2.75, 3.05) is 6.61 Å². The smallest absolute Gasteiger partial charge is 0.344 e. The van der Waals surface area contributed by atoms with Crippen molar-refractivity contribution >= 4 is 33.3 Å². The van der Waals surface area contributed by atoms with Gasteiger partial charge in [0.05, 0.1) is 23.8 Å². The molecule has 4 heterocycles. The van der Waals surface area contributed by atoms with Crippen molar-refractivity contribution in [3.63, 3.8) is 0 Å². The van der Waals surface area contributed by atoms with Gasteiger partial charge in [0.25, 0.3) is 5.56 Å². The average molecular weight is 393 g/mol. The summed E-state index contributed by atoms with van der Waals surface area (Å²) in [6.07, 6.45) is 2.02. The van der Waals surface area contributed by atoms with Gasteiger partial charge in [0.2, 0.25) is 0 Å². The van der Waals surface area contributed by atoms with Gasteiger partial charge in [-0.05, 0) is 32.3 Å². The maximum Gasteiger partial charge on any atom is 0.344 e. The van der Waals surface area contributed by atoms with E-state index in [1.165, 1.54) is 23.1 Å². The molecule has 1 aliphatic rings. The summed E-state index contributed by atoms with van der Waals surface area (Å²) in [4.78, 5) is 33.6. The number of thioether (sulfide) groups is 1. The lowest BCUT2D eigenvalue weighted by Crippen LogP contribution is -2.25. The molecule has 138 valence electrons. The van der Waals surface area contributed by atoms with Crippen molar-refractivity contribution in [2.45, 2.75) is 50.2 Å². The molecule has 2 N–H and O–H groups in total. The minimum Gasteiger partial charge on any atom is -0.376 e. The van der Waals surface area contributed by atoms with Crippen LogP contribution >= 0.6 is 23.1 Å². The fourth-order valence-corrected chi connectivity index (χ4v) is 4.94. The fraction of sp³-hybridized carbons (Fsp3) is 0.500. The summed E-state index contributed by atoms with van der Waals surface area (Å²) in [5, 5.41) is 7.82. The molecule has 1 aliphatic heterocycles. The zero-order chi connectivity index (χ0) is 18.3. The zero-order valence-corrected chi connectivity index (χ0v) is 16.1. The van der Waals surface area contributed by atoms with Crippen LogP contribution in [0.4, 0.5) is 0 Å².